The van der Waals surface area contributed by atoms with Crippen molar-refractivity contribution in [3.05, 3.63) is 53.8 Å². The van der Waals surface area contributed by atoms with Crippen LogP contribution in [0.2, 0.25) is 0 Å². The van der Waals surface area contributed by atoms with Gasteiger partial charge in [0.2, 0.25) is 0 Å². The van der Waals surface area contributed by atoms with Gasteiger partial charge in [-0.1, -0.05) is 18.2 Å². The van der Waals surface area contributed by atoms with Crippen LogP contribution in [-0.4, -0.2) is 15.0 Å². The largest absolute Gasteiger partial charge is 0.433 e. The number of ether oxygens (including phenoxy) is 1. The molecule has 0 fully saturated rings. The van der Waals surface area contributed by atoms with Crippen molar-refractivity contribution in [2.24, 2.45) is 0 Å². The SMILES string of the molecule is Cc1ccc(F)cc1S(=O)(=O)Nc1ccccc1OC(F)F. The Labute approximate surface area is 125 Å². The second kappa shape index (κ2) is 6.27. The molecule has 0 saturated carbocycles. The Morgan fingerprint density at radius 2 is 1.82 bits per heavy atom. The molecule has 0 heterocycles. The summed E-state index contributed by atoms with van der Waals surface area (Å²) in [5.41, 5.74) is 0.160. The predicted octanol–water partition coefficient (Wildman–Crippen LogP) is 3.54. The molecule has 8 heteroatoms. The zero-order chi connectivity index (χ0) is 16.3. The third-order valence-electron chi connectivity index (χ3n) is 2.79. The summed E-state index contributed by atoms with van der Waals surface area (Å²) in [6.07, 6.45) is 0. The van der Waals surface area contributed by atoms with Crippen molar-refractivity contribution in [1.29, 1.82) is 0 Å². The number of anilines is 1. The molecule has 0 atom stereocenters. The zero-order valence-corrected chi connectivity index (χ0v) is 12.2. The third kappa shape index (κ3) is 3.70. The van der Waals surface area contributed by atoms with Gasteiger partial charge in [-0.15, -0.1) is 0 Å². The van der Waals surface area contributed by atoms with E-state index in [1.165, 1.54) is 37.3 Å². The fourth-order valence-electron chi connectivity index (χ4n) is 1.81. The smallest absolute Gasteiger partial charge is 0.387 e. The maximum atomic E-state index is 13.3. The summed E-state index contributed by atoms with van der Waals surface area (Å²) in [6.45, 7) is -1.60. The molecule has 0 radical (unpaired) electrons. The first kappa shape index (κ1) is 16.2. The molecule has 118 valence electrons. The lowest BCUT2D eigenvalue weighted by Gasteiger charge is -2.14. The van der Waals surface area contributed by atoms with Crippen LogP contribution in [0.4, 0.5) is 18.9 Å². The first-order valence-corrected chi connectivity index (χ1v) is 7.61. The van der Waals surface area contributed by atoms with E-state index in [1.54, 1.807) is 0 Å². The van der Waals surface area contributed by atoms with Crippen LogP contribution in [0.1, 0.15) is 5.56 Å². The Bertz CT molecular complexity index is 779. The predicted molar refractivity (Wildman–Crippen MR) is 75.0 cm³/mol. The molecule has 2 aromatic rings. The van der Waals surface area contributed by atoms with Crippen molar-refractivity contribution in [3.8, 4) is 5.75 Å². The van der Waals surface area contributed by atoms with Crippen LogP contribution in [0.3, 0.4) is 0 Å². The normalized spacial score (nSPS) is 11.5. The lowest BCUT2D eigenvalue weighted by Crippen LogP contribution is -2.16. The lowest BCUT2D eigenvalue weighted by molar-refractivity contribution is -0.0493. The van der Waals surface area contributed by atoms with Gasteiger partial charge in [0.05, 0.1) is 10.6 Å². The Morgan fingerprint density at radius 1 is 1.14 bits per heavy atom. The molecule has 2 rings (SSSR count). The van der Waals surface area contributed by atoms with Gasteiger partial charge < -0.3 is 4.74 Å². The number of hydrogen-bond donors (Lipinski definition) is 1. The summed E-state index contributed by atoms with van der Waals surface area (Å²) in [4.78, 5) is -0.278. The average molecular weight is 331 g/mol. The van der Waals surface area contributed by atoms with Crippen LogP contribution >= 0.6 is 0 Å². The number of halogens is 3. The summed E-state index contributed by atoms with van der Waals surface area (Å²) in [6, 6.07) is 8.63. The molecule has 0 unspecified atom stereocenters. The number of aryl methyl sites for hydroxylation is 1. The maximum Gasteiger partial charge on any atom is 0.387 e. The summed E-state index contributed by atoms with van der Waals surface area (Å²) >= 11 is 0. The highest BCUT2D eigenvalue weighted by atomic mass is 32.2. The fraction of sp³-hybridized carbons (Fsp3) is 0.143. The molecule has 0 aliphatic carbocycles. The first-order valence-electron chi connectivity index (χ1n) is 6.12. The number of sulfonamides is 1. The van der Waals surface area contributed by atoms with E-state index in [2.05, 4.69) is 9.46 Å². The van der Waals surface area contributed by atoms with E-state index >= 15 is 0 Å². The van der Waals surface area contributed by atoms with Gasteiger partial charge in [-0.2, -0.15) is 8.78 Å². The Kier molecular flexibility index (Phi) is 4.60. The standard InChI is InChI=1S/C14H12F3NO3S/c1-9-6-7-10(15)8-13(9)22(19,20)18-11-4-2-3-5-12(11)21-14(16)17/h2-8,14,18H,1H3. The van der Waals surface area contributed by atoms with Crippen molar-refractivity contribution in [3.63, 3.8) is 0 Å². The van der Waals surface area contributed by atoms with E-state index in [1.807, 2.05) is 0 Å². The summed E-state index contributed by atoms with van der Waals surface area (Å²) in [5.74, 6) is -1.04. The van der Waals surface area contributed by atoms with Crippen LogP contribution < -0.4 is 9.46 Å². The minimum Gasteiger partial charge on any atom is -0.433 e. The van der Waals surface area contributed by atoms with Gasteiger partial charge in [0, 0.05) is 0 Å². The highest BCUT2D eigenvalue weighted by Gasteiger charge is 2.20. The number of benzene rings is 2. The quantitative estimate of drug-likeness (QED) is 0.912. The zero-order valence-electron chi connectivity index (χ0n) is 11.4. The molecule has 0 amide bonds. The van der Waals surface area contributed by atoms with Crippen LogP contribution in [0.25, 0.3) is 0 Å². The second-order valence-corrected chi connectivity index (χ2v) is 6.04. The monoisotopic (exact) mass is 331 g/mol. The average Bonchev–Trinajstić information content (AvgIpc) is 2.43. The van der Waals surface area contributed by atoms with E-state index in [0.29, 0.717) is 5.56 Å². The summed E-state index contributed by atoms with van der Waals surface area (Å²) < 4.78 is 68.9. The highest BCUT2D eigenvalue weighted by Crippen LogP contribution is 2.28. The Morgan fingerprint density at radius 3 is 2.50 bits per heavy atom. The molecular formula is C14H12F3NO3S. The molecule has 0 saturated heterocycles. The molecule has 0 aliphatic rings. The highest BCUT2D eigenvalue weighted by molar-refractivity contribution is 7.92. The Hall–Kier alpha value is -2.22. The molecule has 1 N–H and O–H groups in total. The van der Waals surface area contributed by atoms with Gasteiger partial charge in [-0.3, -0.25) is 4.72 Å². The van der Waals surface area contributed by atoms with E-state index in [4.69, 9.17) is 0 Å². The van der Waals surface area contributed by atoms with Crippen LogP contribution in [0.5, 0.6) is 5.75 Å². The van der Waals surface area contributed by atoms with E-state index < -0.39 is 22.5 Å². The van der Waals surface area contributed by atoms with E-state index in [0.717, 1.165) is 12.1 Å². The lowest BCUT2D eigenvalue weighted by atomic mass is 10.2. The number of nitrogens with one attached hydrogen (secondary N) is 1. The van der Waals surface area contributed by atoms with Gasteiger partial charge in [0.15, 0.2) is 0 Å². The summed E-state index contributed by atoms with van der Waals surface area (Å²) in [7, 11) is -4.14. The van der Waals surface area contributed by atoms with Gasteiger partial charge in [0.1, 0.15) is 11.6 Å². The van der Waals surface area contributed by atoms with Crippen LogP contribution in [0, 0.1) is 12.7 Å². The second-order valence-electron chi connectivity index (χ2n) is 4.39. The molecule has 0 aliphatic heterocycles. The molecule has 0 spiro atoms. The number of para-hydroxylation sites is 2. The molecule has 22 heavy (non-hydrogen) atoms. The van der Waals surface area contributed by atoms with Crippen molar-refractivity contribution >= 4 is 15.7 Å². The fourth-order valence-corrected chi connectivity index (χ4v) is 3.14. The number of alkyl halides is 2. The van der Waals surface area contributed by atoms with Gasteiger partial charge in [-0.25, -0.2) is 12.8 Å². The van der Waals surface area contributed by atoms with Gasteiger partial charge in [-0.05, 0) is 36.8 Å². The van der Waals surface area contributed by atoms with Crippen molar-refractivity contribution in [1.82, 2.24) is 0 Å². The van der Waals surface area contributed by atoms with Crippen molar-refractivity contribution < 1.29 is 26.3 Å². The third-order valence-corrected chi connectivity index (χ3v) is 4.29. The first-order chi connectivity index (χ1) is 10.3. The van der Waals surface area contributed by atoms with Crippen molar-refractivity contribution in [2.45, 2.75) is 18.4 Å². The topological polar surface area (TPSA) is 55.4 Å². The minimum atomic E-state index is -4.14. The molecular weight excluding hydrogens is 319 g/mol. The molecule has 4 nitrogen and oxygen atoms in total. The van der Waals surface area contributed by atoms with Gasteiger partial charge in [0.25, 0.3) is 10.0 Å². The van der Waals surface area contributed by atoms with Crippen LogP contribution in [-0.2, 0) is 10.0 Å². The molecule has 0 aromatic heterocycles. The summed E-state index contributed by atoms with van der Waals surface area (Å²) in [5, 5.41) is 0. The van der Waals surface area contributed by atoms with Crippen LogP contribution in [0.15, 0.2) is 47.4 Å². The maximum absolute atomic E-state index is 13.3. The minimum absolute atomic E-state index is 0.161. The van der Waals surface area contributed by atoms with E-state index in [-0.39, 0.29) is 16.3 Å². The van der Waals surface area contributed by atoms with Crippen molar-refractivity contribution in [2.75, 3.05) is 4.72 Å². The van der Waals surface area contributed by atoms with Gasteiger partial charge >= 0.3 is 6.61 Å². The molecule has 2 aromatic carbocycles. The van der Waals surface area contributed by atoms with E-state index in [9.17, 15) is 21.6 Å². The molecule has 0 bridgehead atoms. The number of hydrogen-bond acceptors (Lipinski definition) is 3. The Balaban J connectivity index is 2.39. The number of rotatable bonds is 5.